The second-order valence-electron chi connectivity index (χ2n) is 5.80. The van der Waals surface area contributed by atoms with Crippen molar-refractivity contribution in [3.05, 3.63) is 70.9 Å². The summed E-state index contributed by atoms with van der Waals surface area (Å²) < 4.78 is 23.9. The minimum Gasteiger partial charge on any atom is -0.449 e. The summed E-state index contributed by atoms with van der Waals surface area (Å²) in [5.41, 5.74) is 3.17. The van der Waals surface area contributed by atoms with Crippen LogP contribution in [0, 0.1) is 19.7 Å². The molecule has 0 saturated heterocycles. The minimum atomic E-state index is -0.698. The van der Waals surface area contributed by atoms with Gasteiger partial charge in [0.05, 0.1) is 5.56 Å². The number of aryl methyl sites for hydroxylation is 2. The number of hydrogen-bond donors (Lipinski definition) is 0. The summed E-state index contributed by atoms with van der Waals surface area (Å²) in [6.45, 7) is 5.56. The smallest absolute Gasteiger partial charge is 0.338 e. The van der Waals surface area contributed by atoms with Gasteiger partial charge in [-0.15, -0.1) is 10.2 Å². The summed E-state index contributed by atoms with van der Waals surface area (Å²) in [4.78, 5) is 12.3. The molecule has 2 aromatic carbocycles. The van der Waals surface area contributed by atoms with Crippen LogP contribution in [-0.4, -0.2) is 16.2 Å². The van der Waals surface area contributed by atoms with Gasteiger partial charge in [0.25, 0.3) is 5.89 Å². The lowest BCUT2D eigenvalue weighted by molar-refractivity contribution is 0.0280. The number of carbonyl (C=O) groups excluding carboxylic acids is 1. The van der Waals surface area contributed by atoms with E-state index < -0.39 is 12.1 Å². The van der Waals surface area contributed by atoms with E-state index in [1.807, 2.05) is 19.9 Å². The Hall–Kier alpha value is -3.02. The second kappa shape index (κ2) is 6.84. The number of rotatable bonds is 4. The fraction of sp³-hybridized carbons (Fsp3) is 0.211. The van der Waals surface area contributed by atoms with Gasteiger partial charge in [0, 0.05) is 5.56 Å². The molecule has 0 aliphatic rings. The molecule has 0 aliphatic heterocycles. The quantitative estimate of drug-likeness (QED) is 0.658. The molecule has 0 amide bonds. The zero-order valence-corrected chi connectivity index (χ0v) is 14.1. The molecule has 0 radical (unpaired) electrons. The van der Waals surface area contributed by atoms with Crippen LogP contribution in [0.4, 0.5) is 4.39 Å². The van der Waals surface area contributed by atoms with Crippen molar-refractivity contribution < 1.29 is 18.3 Å². The van der Waals surface area contributed by atoms with E-state index >= 15 is 0 Å². The summed E-state index contributed by atoms with van der Waals surface area (Å²) in [5, 5.41) is 7.82. The molecule has 0 saturated carbocycles. The molecule has 128 valence electrons. The van der Waals surface area contributed by atoms with Crippen molar-refractivity contribution in [3.63, 3.8) is 0 Å². The number of carbonyl (C=O) groups is 1. The van der Waals surface area contributed by atoms with E-state index in [2.05, 4.69) is 10.2 Å². The highest BCUT2D eigenvalue weighted by atomic mass is 19.1. The first-order valence-corrected chi connectivity index (χ1v) is 7.81. The number of aromatic nitrogens is 2. The number of ether oxygens (including phenoxy) is 1. The molecule has 0 fully saturated rings. The lowest BCUT2D eigenvalue weighted by Gasteiger charge is -2.10. The topological polar surface area (TPSA) is 65.2 Å². The molecule has 1 atom stereocenters. The summed E-state index contributed by atoms with van der Waals surface area (Å²) in [6, 6.07) is 11.1. The number of hydrogen-bond acceptors (Lipinski definition) is 5. The second-order valence-corrected chi connectivity index (χ2v) is 5.80. The van der Waals surface area contributed by atoms with Crippen LogP contribution in [0.3, 0.4) is 0 Å². The van der Waals surface area contributed by atoms with Gasteiger partial charge in [-0.2, -0.15) is 0 Å². The van der Waals surface area contributed by atoms with Crippen LogP contribution < -0.4 is 0 Å². The van der Waals surface area contributed by atoms with E-state index in [1.54, 1.807) is 31.2 Å². The van der Waals surface area contributed by atoms with Gasteiger partial charge in [0.1, 0.15) is 5.82 Å². The third-order valence-electron chi connectivity index (χ3n) is 3.91. The van der Waals surface area contributed by atoms with Gasteiger partial charge >= 0.3 is 5.97 Å². The van der Waals surface area contributed by atoms with Crippen molar-refractivity contribution in [2.45, 2.75) is 26.9 Å². The molecule has 3 rings (SSSR count). The van der Waals surface area contributed by atoms with Gasteiger partial charge in [-0.25, -0.2) is 9.18 Å². The van der Waals surface area contributed by atoms with Crippen molar-refractivity contribution in [2.75, 3.05) is 0 Å². The van der Waals surface area contributed by atoms with Crippen LogP contribution in [0.25, 0.3) is 11.5 Å². The van der Waals surface area contributed by atoms with Crippen molar-refractivity contribution in [2.24, 2.45) is 0 Å². The predicted molar refractivity (Wildman–Crippen MR) is 89.4 cm³/mol. The summed E-state index contributed by atoms with van der Waals surface area (Å²) in [5.74, 6) is -0.392. The molecule has 0 spiro atoms. The Labute approximate surface area is 144 Å². The van der Waals surface area contributed by atoms with Crippen LogP contribution in [-0.2, 0) is 4.74 Å². The highest BCUT2D eigenvalue weighted by Crippen LogP contribution is 2.23. The van der Waals surface area contributed by atoms with Crippen molar-refractivity contribution in [1.29, 1.82) is 0 Å². The average Bonchev–Trinajstić information content (AvgIpc) is 3.08. The predicted octanol–water partition coefficient (Wildman–Crippen LogP) is 4.41. The maximum atomic E-state index is 13.0. The zero-order valence-electron chi connectivity index (χ0n) is 14.1. The van der Waals surface area contributed by atoms with Gasteiger partial charge in [-0.1, -0.05) is 6.07 Å². The van der Waals surface area contributed by atoms with Crippen LogP contribution in [0.1, 0.15) is 40.4 Å². The summed E-state index contributed by atoms with van der Waals surface area (Å²) >= 11 is 0. The highest BCUT2D eigenvalue weighted by molar-refractivity contribution is 5.89. The third kappa shape index (κ3) is 3.74. The first-order valence-electron chi connectivity index (χ1n) is 7.81. The normalized spacial score (nSPS) is 12.0. The van der Waals surface area contributed by atoms with E-state index in [4.69, 9.17) is 9.15 Å². The number of esters is 1. The lowest BCUT2D eigenvalue weighted by atomic mass is 10.1. The first kappa shape index (κ1) is 16.8. The molecule has 0 N–H and O–H groups in total. The standard InChI is InChI=1S/C19H17FN2O3/c1-11-4-5-15(10-12(11)2)19(23)24-13(3)17-21-22-18(25-17)14-6-8-16(20)9-7-14/h4-10,13H,1-3H3/t13-/m0/s1. The molecule has 6 heteroatoms. The largest absolute Gasteiger partial charge is 0.449 e. The van der Waals surface area contributed by atoms with Crippen LogP contribution in [0.2, 0.25) is 0 Å². The minimum absolute atomic E-state index is 0.177. The third-order valence-corrected chi connectivity index (χ3v) is 3.91. The molecular weight excluding hydrogens is 323 g/mol. The van der Waals surface area contributed by atoms with E-state index in [-0.39, 0.29) is 17.6 Å². The van der Waals surface area contributed by atoms with Gasteiger partial charge in [0.2, 0.25) is 5.89 Å². The number of halogens is 1. The fourth-order valence-corrected chi connectivity index (χ4v) is 2.26. The monoisotopic (exact) mass is 340 g/mol. The number of benzene rings is 2. The molecule has 5 nitrogen and oxygen atoms in total. The Morgan fingerprint density at radius 1 is 1.08 bits per heavy atom. The van der Waals surface area contributed by atoms with Crippen LogP contribution >= 0.6 is 0 Å². The molecule has 0 bridgehead atoms. The molecule has 1 heterocycles. The maximum Gasteiger partial charge on any atom is 0.338 e. The Morgan fingerprint density at radius 2 is 1.80 bits per heavy atom. The average molecular weight is 340 g/mol. The fourth-order valence-electron chi connectivity index (χ4n) is 2.26. The SMILES string of the molecule is Cc1ccc(C(=O)O[C@@H](C)c2nnc(-c3ccc(F)cc3)o2)cc1C. The van der Waals surface area contributed by atoms with Crippen LogP contribution in [0.5, 0.6) is 0 Å². The Kier molecular flexibility index (Phi) is 4.61. The van der Waals surface area contributed by atoms with Gasteiger partial charge in [0.15, 0.2) is 6.10 Å². The molecule has 0 unspecified atom stereocenters. The molecule has 0 aliphatic carbocycles. The highest BCUT2D eigenvalue weighted by Gasteiger charge is 2.20. The van der Waals surface area contributed by atoms with E-state index in [0.717, 1.165) is 11.1 Å². The van der Waals surface area contributed by atoms with Crippen molar-refractivity contribution >= 4 is 5.97 Å². The van der Waals surface area contributed by atoms with Crippen molar-refractivity contribution in [3.8, 4) is 11.5 Å². The zero-order chi connectivity index (χ0) is 18.0. The molecule has 3 aromatic rings. The van der Waals surface area contributed by atoms with E-state index in [9.17, 15) is 9.18 Å². The molecule has 25 heavy (non-hydrogen) atoms. The molecular formula is C19H17FN2O3. The summed E-state index contributed by atoms with van der Waals surface area (Å²) in [7, 11) is 0. The van der Waals surface area contributed by atoms with E-state index in [1.165, 1.54) is 12.1 Å². The number of nitrogens with zero attached hydrogens (tertiary/aromatic N) is 2. The first-order chi connectivity index (χ1) is 11.9. The van der Waals surface area contributed by atoms with Gasteiger partial charge < -0.3 is 9.15 Å². The molecule has 1 aromatic heterocycles. The van der Waals surface area contributed by atoms with Gasteiger partial charge in [-0.05, 0) is 68.3 Å². The maximum absolute atomic E-state index is 13.0. The Bertz CT molecular complexity index is 903. The van der Waals surface area contributed by atoms with Crippen molar-refractivity contribution in [1.82, 2.24) is 10.2 Å². The lowest BCUT2D eigenvalue weighted by Crippen LogP contribution is -2.10. The Morgan fingerprint density at radius 3 is 2.48 bits per heavy atom. The van der Waals surface area contributed by atoms with Crippen LogP contribution in [0.15, 0.2) is 46.9 Å². The van der Waals surface area contributed by atoms with E-state index in [0.29, 0.717) is 11.1 Å². The van der Waals surface area contributed by atoms with Gasteiger partial charge in [-0.3, -0.25) is 0 Å². The Balaban J connectivity index is 1.73. The summed E-state index contributed by atoms with van der Waals surface area (Å²) in [6.07, 6.45) is -0.698.